The van der Waals surface area contributed by atoms with Gasteiger partial charge in [-0.3, -0.25) is 10.1 Å². The topological polar surface area (TPSA) is 85.3 Å². The first kappa shape index (κ1) is 13.7. The Balaban J connectivity index is 2.13. The average Bonchev–Trinajstić information content (AvgIpc) is 2.38. The quantitative estimate of drug-likeness (QED) is 0.666. The third-order valence-electron chi connectivity index (χ3n) is 3.92. The molecule has 2 N–H and O–H groups in total. The first-order chi connectivity index (χ1) is 8.99. The molecule has 1 fully saturated rings. The Bertz CT molecular complexity index is 470. The predicted molar refractivity (Wildman–Crippen MR) is 74.3 cm³/mol. The van der Waals surface area contributed by atoms with Crippen molar-refractivity contribution in [1.29, 1.82) is 0 Å². The molecule has 6 nitrogen and oxygen atoms in total. The van der Waals surface area contributed by atoms with E-state index in [0.29, 0.717) is 17.6 Å². The minimum atomic E-state index is -0.397. The molecule has 1 aliphatic carbocycles. The van der Waals surface area contributed by atoms with E-state index in [-0.39, 0.29) is 5.69 Å². The maximum Gasteiger partial charge on any atom is 0.290 e. The van der Waals surface area contributed by atoms with Crippen LogP contribution in [0.2, 0.25) is 0 Å². The summed E-state index contributed by atoms with van der Waals surface area (Å²) in [7, 11) is 2.00. The molecule has 1 aliphatic rings. The number of hydrogen-bond donors (Lipinski definition) is 1. The van der Waals surface area contributed by atoms with E-state index in [2.05, 4.69) is 9.88 Å². The van der Waals surface area contributed by atoms with Crippen molar-refractivity contribution < 1.29 is 4.92 Å². The van der Waals surface area contributed by atoms with Crippen LogP contribution in [0, 0.1) is 17.0 Å². The summed E-state index contributed by atoms with van der Waals surface area (Å²) in [6, 6.07) is 2.52. The Morgan fingerprint density at radius 3 is 2.58 bits per heavy atom. The van der Waals surface area contributed by atoms with Gasteiger partial charge in [-0.05, 0) is 38.7 Å². The van der Waals surface area contributed by atoms with Crippen molar-refractivity contribution in [2.75, 3.05) is 11.9 Å². The third-order valence-corrected chi connectivity index (χ3v) is 3.92. The van der Waals surface area contributed by atoms with E-state index in [9.17, 15) is 10.1 Å². The zero-order valence-corrected chi connectivity index (χ0v) is 11.4. The van der Waals surface area contributed by atoms with Gasteiger partial charge in [0.25, 0.3) is 5.69 Å². The first-order valence-corrected chi connectivity index (χ1v) is 6.58. The molecule has 0 aliphatic heterocycles. The summed E-state index contributed by atoms with van der Waals surface area (Å²) < 4.78 is 0. The lowest BCUT2D eigenvalue weighted by Crippen LogP contribution is -2.39. The molecule has 0 unspecified atom stereocenters. The molecule has 0 saturated heterocycles. The number of aryl methyl sites for hydroxylation is 1. The second-order valence-corrected chi connectivity index (χ2v) is 5.27. The zero-order valence-electron chi connectivity index (χ0n) is 11.4. The molecule has 0 amide bonds. The molecule has 19 heavy (non-hydrogen) atoms. The number of rotatable bonds is 3. The minimum absolute atomic E-state index is 0.0721. The van der Waals surface area contributed by atoms with E-state index >= 15 is 0 Å². The van der Waals surface area contributed by atoms with Gasteiger partial charge in [0.05, 0.1) is 4.92 Å². The van der Waals surface area contributed by atoms with Gasteiger partial charge in [0.2, 0.25) is 0 Å². The van der Waals surface area contributed by atoms with Crippen LogP contribution in [0.15, 0.2) is 12.3 Å². The Labute approximate surface area is 112 Å². The van der Waals surface area contributed by atoms with Gasteiger partial charge >= 0.3 is 0 Å². The first-order valence-electron chi connectivity index (χ1n) is 6.58. The van der Waals surface area contributed by atoms with E-state index in [0.717, 1.165) is 31.5 Å². The van der Waals surface area contributed by atoms with Crippen LogP contribution in [0.25, 0.3) is 0 Å². The summed E-state index contributed by atoms with van der Waals surface area (Å²) in [6.45, 7) is 1.74. The van der Waals surface area contributed by atoms with Gasteiger partial charge in [0, 0.05) is 24.7 Å². The molecule has 1 aromatic rings. The van der Waals surface area contributed by atoms with Crippen LogP contribution in [0.3, 0.4) is 0 Å². The van der Waals surface area contributed by atoms with Crippen molar-refractivity contribution in [1.82, 2.24) is 4.98 Å². The molecule has 2 rings (SSSR count). The normalized spacial score (nSPS) is 23.1. The summed E-state index contributed by atoms with van der Waals surface area (Å²) in [5.41, 5.74) is 6.62. The molecule has 6 heteroatoms. The molecular weight excluding hydrogens is 244 g/mol. The lowest BCUT2D eigenvalue weighted by atomic mass is 9.91. The van der Waals surface area contributed by atoms with E-state index in [1.807, 2.05) is 7.05 Å². The van der Waals surface area contributed by atoms with Crippen molar-refractivity contribution in [3.63, 3.8) is 0 Å². The molecule has 0 bridgehead atoms. The molecule has 0 spiro atoms. The van der Waals surface area contributed by atoms with Gasteiger partial charge in [-0.2, -0.15) is 0 Å². The molecule has 0 radical (unpaired) electrons. The number of nitro groups is 1. The highest BCUT2D eigenvalue weighted by atomic mass is 16.6. The largest absolute Gasteiger partial charge is 0.357 e. The lowest BCUT2D eigenvalue weighted by Gasteiger charge is -2.34. The smallest absolute Gasteiger partial charge is 0.290 e. The fraction of sp³-hybridized carbons (Fsp3) is 0.615. The zero-order chi connectivity index (χ0) is 14.0. The lowest BCUT2D eigenvalue weighted by molar-refractivity contribution is -0.385. The molecular formula is C13H20N4O2. The molecule has 1 heterocycles. The SMILES string of the molecule is Cc1cc(N(C)C2CCC(N)CC2)ncc1[N+](=O)[O-]. The van der Waals surface area contributed by atoms with E-state index in [1.54, 1.807) is 13.0 Å². The van der Waals surface area contributed by atoms with Crippen molar-refractivity contribution in [3.05, 3.63) is 27.9 Å². The number of hydrogen-bond acceptors (Lipinski definition) is 5. The number of pyridine rings is 1. The van der Waals surface area contributed by atoms with Crippen LogP contribution in [0.4, 0.5) is 11.5 Å². The minimum Gasteiger partial charge on any atom is -0.357 e. The van der Waals surface area contributed by atoms with Crippen molar-refractivity contribution in [2.24, 2.45) is 5.73 Å². The monoisotopic (exact) mass is 264 g/mol. The summed E-state index contributed by atoms with van der Waals surface area (Å²) in [5.74, 6) is 0.795. The fourth-order valence-corrected chi connectivity index (χ4v) is 2.59. The highest BCUT2D eigenvalue weighted by molar-refractivity contribution is 5.48. The van der Waals surface area contributed by atoms with Gasteiger partial charge < -0.3 is 10.6 Å². The number of nitrogens with two attached hydrogens (primary N) is 1. The van der Waals surface area contributed by atoms with Crippen LogP contribution in [-0.2, 0) is 0 Å². The molecule has 104 valence electrons. The van der Waals surface area contributed by atoms with E-state index < -0.39 is 4.92 Å². The maximum absolute atomic E-state index is 10.8. The van der Waals surface area contributed by atoms with Crippen molar-refractivity contribution in [2.45, 2.75) is 44.7 Å². The molecule has 1 aromatic heterocycles. The van der Waals surface area contributed by atoms with Crippen LogP contribution in [0.5, 0.6) is 0 Å². The van der Waals surface area contributed by atoms with Crippen LogP contribution in [-0.4, -0.2) is 29.0 Å². The Hall–Kier alpha value is -1.69. The van der Waals surface area contributed by atoms with Gasteiger partial charge in [0.15, 0.2) is 0 Å². The number of aromatic nitrogens is 1. The van der Waals surface area contributed by atoms with Crippen molar-refractivity contribution >= 4 is 11.5 Å². The van der Waals surface area contributed by atoms with Gasteiger partial charge in [-0.15, -0.1) is 0 Å². The second-order valence-electron chi connectivity index (χ2n) is 5.27. The average molecular weight is 264 g/mol. The summed E-state index contributed by atoms with van der Waals surface area (Å²) in [6.07, 6.45) is 5.50. The maximum atomic E-state index is 10.8. The molecule has 0 atom stereocenters. The van der Waals surface area contributed by atoms with Crippen LogP contribution >= 0.6 is 0 Å². The third kappa shape index (κ3) is 3.01. The standard InChI is InChI=1S/C13H20N4O2/c1-9-7-13(15-8-12(9)17(18)19)16(2)11-5-3-10(14)4-6-11/h7-8,10-11H,3-6,14H2,1-2H3. The number of nitrogens with zero attached hydrogens (tertiary/aromatic N) is 3. The van der Waals surface area contributed by atoms with Crippen molar-refractivity contribution in [3.8, 4) is 0 Å². The number of anilines is 1. The van der Waals surface area contributed by atoms with Gasteiger partial charge in [0.1, 0.15) is 12.0 Å². The second kappa shape index (κ2) is 5.52. The highest BCUT2D eigenvalue weighted by Crippen LogP contribution is 2.27. The summed E-state index contributed by atoms with van der Waals surface area (Å²) >= 11 is 0. The highest BCUT2D eigenvalue weighted by Gasteiger charge is 2.23. The van der Waals surface area contributed by atoms with Gasteiger partial charge in [-0.1, -0.05) is 0 Å². The molecule has 0 aromatic carbocycles. The van der Waals surface area contributed by atoms with Crippen LogP contribution in [0.1, 0.15) is 31.2 Å². The van der Waals surface area contributed by atoms with Crippen LogP contribution < -0.4 is 10.6 Å². The van der Waals surface area contributed by atoms with E-state index in [1.165, 1.54) is 6.20 Å². The Morgan fingerprint density at radius 2 is 2.05 bits per heavy atom. The predicted octanol–water partition coefficient (Wildman–Crippen LogP) is 2.00. The Morgan fingerprint density at radius 1 is 1.42 bits per heavy atom. The molecule has 1 saturated carbocycles. The summed E-state index contributed by atoms with van der Waals surface area (Å²) in [4.78, 5) is 16.7. The summed E-state index contributed by atoms with van der Waals surface area (Å²) in [5, 5.41) is 10.8. The van der Waals surface area contributed by atoms with E-state index in [4.69, 9.17) is 5.73 Å². The fourth-order valence-electron chi connectivity index (χ4n) is 2.59. The van der Waals surface area contributed by atoms with Gasteiger partial charge in [-0.25, -0.2) is 4.98 Å². The Kier molecular flexibility index (Phi) is 3.99.